The topological polar surface area (TPSA) is 65.4 Å². The molecule has 6 heteroatoms. The minimum Gasteiger partial charge on any atom is -0.486 e. The van der Waals surface area contributed by atoms with Crippen LogP contribution in [0.2, 0.25) is 0 Å². The summed E-state index contributed by atoms with van der Waals surface area (Å²) in [6.07, 6.45) is 0. The minimum atomic E-state index is -0.169. The number of imidazole rings is 1. The second-order valence-electron chi connectivity index (χ2n) is 8.21. The highest BCUT2D eigenvalue weighted by molar-refractivity contribution is 6.00. The van der Waals surface area contributed by atoms with Gasteiger partial charge in [0, 0.05) is 17.7 Å². The fourth-order valence-corrected chi connectivity index (χ4v) is 4.28. The molecule has 1 N–H and O–H groups in total. The highest BCUT2D eigenvalue weighted by Gasteiger charge is 2.26. The lowest BCUT2D eigenvalue weighted by Crippen LogP contribution is -2.29. The Labute approximate surface area is 199 Å². The summed E-state index contributed by atoms with van der Waals surface area (Å²) in [5, 5.41) is 3.17. The van der Waals surface area contributed by atoms with Crippen molar-refractivity contribution in [3.63, 3.8) is 0 Å². The smallest absolute Gasteiger partial charge is 0.270 e. The van der Waals surface area contributed by atoms with E-state index in [2.05, 4.69) is 5.32 Å². The predicted molar refractivity (Wildman–Crippen MR) is 132 cm³/mol. The SMILES string of the molecule is CCn1c(-c2ccccc2)nc(-c2ccc3c(c2)OCCO3)c1C(=O)NC(C)c1ccccc1. The summed E-state index contributed by atoms with van der Waals surface area (Å²) in [5.74, 6) is 1.96. The van der Waals surface area contributed by atoms with Crippen LogP contribution in [0.3, 0.4) is 0 Å². The largest absolute Gasteiger partial charge is 0.486 e. The molecule has 1 atom stereocenters. The molecule has 34 heavy (non-hydrogen) atoms. The van der Waals surface area contributed by atoms with E-state index in [1.807, 2.05) is 97.3 Å². The van der Waals surface area contributed by atoms with E-state index in [0.29, 0.717) is 42.6 Å². The first-order valence-electron chi connectivity index (χ1n) is 11.6. The first kappa shape index (κ1) is 21.8. The van der Waals surface area contributed by atoms with Crippen molar-refractivity contribution in [1.29, 1.82) is 0 Å². The Kier molecular flexibility index (Phi) is 6.04. The number of nitrogens with one attached hydrogen (secondary N) is 1. The van der Waals surface area contributed by atoms with Crippen LogP contribution in [0, 0.1) is 0 Å². The zero-order chi connectivity index (χ0) is 23.5. The van der Waals surface area contributed by atoms with Crippen LogP contribution in [0.4, 0.5) is 0 Å². The molecule has 0 bridgehead atoms. The lowest BCUT2D eigenvalue weighted by molar-refractivity contribution is 0.0931. The van der Waals surface area contributed by atoms with Gasteiger partial charge in [-0.15, -0.1) is 0 Å². The van der Waals surface area contributed by atoms with E-state index in [1.54, 1.807) is 0 Å². The van der Waals surface area contributed by atoms with E-state index in [9.17, 15) is 4.79 Å². The Balaban J connectivity index is 1.61. The maximum atomic E-state index is 13.7. The summed E-state index contributed by atoms with van der Waals surface area (Å²) in [6.45, 7) is 5.64. The third-order valence-electron chi connectivity index (χ3n) is 5.99. The van der Waals surface area contributed by atoms with Crippen LogP contribution in [-0.4, -0.2) is 28.7 Å². The van der Waals surface area contributed by atoms with Gasteiger partial charge in [-0.2, -0.15) is 0 Å². The summed E-state index contributed by atoms with van der Waals surface area (Å²) in [6, 6.07) is 25.5. The highest BCUT2D eigenvalue weighted by atomic mass is 16.6. The number of hydrogen-bond donors (Lipinski definition) is 1. The summed E-state index contributed by atoms with van der Waals surface area (Å²) in [7, 11) is 0. The number of amides is 1. The molecule has 0 fully saturated rings. The molecule has 1 aliphatic heterocycles. The third-order valence-corrected chi connectivity index (χ3v) is 5.99. The first-order valence-corrected chi connectivity index (χ1v) is 11.6. The molecule has 0 saturated carbocycles. The van der Waals surface area contributed by atoms with Gasteiger partial charge in [0.15, 0.2) is 11.5 Å². The van der Waals surface area contributed by atoms with Gasteiger partial charge in [0.1, 0.15) is 30.4 Å². The van der Waals surface area contributed by atoms with Crippen molar-refractivity contribution in [3.05, 3.63) is 90.1 Å². The van der Waals surface area contributed by atoms with Gasteiger partial charge in [-0.3, -0.25) is 4.79 Å². The fraction of sp³-hybridized carbons (Fsp3) is 0.214. The van der Waals surface area contributed by atoms with E-state index in [0.717, 1.165) is 22.5 Å². The quantitative estimate of drug-likeness (QED) is 0.419. The Bertz CT molecular complexity index is 1300. The monoisotopic (exact) mass is 453 g/mol. The molecule has 4 aromatic rings. The highest BCUT2D eigenvalue weighted by Crippen LogP contribution is 2.37. The Morgan fingerprint density at radius 1 is 0.941 bits per heavy atom. The summed E-state index contributed by atoms with van der Waals surface area (Å²) < 4.78 is 13.5. The predicted octanol–water partition coefficient (Wildman–Crippen LogP) is 5.50. The van der Waals surface area contributed by atoms with Crippen molar-refractivity contribution in [3.8, 4) is 34.1 Å². The van der Waals surface area contributed by atoms with E-state index < -0.39 is 0 Å². The maximum absolute atomic E-state index is 13.7. The van der Waals surface area contributed by atoms with Gasteiger partial charge in [-0.1, -0.05) is 60.7 Å². The van der Waals surface area contributed by atoms with Crippen molar-refractivity contribution in [2.24, 2.45) is 0 Å². The molecule has 2 heterocycles. The van der Waals surface area contributed by atoms with Gasteiger partial charge in [-0.25, -0.2) is 4.98 Å². The lowest BCUT2D eigenvalue weighted by atomic mass is 10.1. The van der Waals surface area contributed by atoms with Crippen LogP contribution in [0.25, 0.3) is 22.6 Å². The molecular weight excluding hydrogens is 426 g/mol. The molecular formula is C28H27N3O3. The second-order valence-corrected chi connectivity index (χ2v) is 8.21. The zero-order valence-corrected chi connectivity index (χ0v) is 19.3. The molecule has 0 saturated heterocycles. The number of hydrogen-bond acceptors (Lipinski definition) is 4. The van der Waals surface area contributed by atoms with Crippen LogP contribution in [0.5, 0.6) is 11.5 Å². The second kappa shape index (κ2) is 9.43. The van der Waals surface area contributed by atoms with Crippen LogP contribution in [0.1, 0.15) is 35.9 Å². The average molecular weight is 454 g/mol. The number of nitrogens with zero attached hydrogens (tertiary/aromatic N) is 2. The molecule has 0 radical (unpaired) electrons. The first-order chi connectivity index (χ1) is 16.7. The molecule has 1 amide bonds. The van der Waals surface area contributed by atoms with Crippen LogP contribution < -0.4 is 14.8 Å². The molecule has 5 rings (SSSR count). The number of aromatic nitrogens is 2. The summed E-state index contributed by atoms with van der Waals surface area (Å²) >= 11 is 0. The molecule has 3 aromatic carbocycles. The van der Waals surface area contributed by atoms with Crippen molar-refractivity contribution in [2.45, 2.75) is 26.4 Å². The van der Waals surface area contributed by atoms with Crippen LogP contribution in [-0.2, 0) is 6.54 Å². The van der Waals surface area contributed by atoms with E-state index in [-0.39, 0.29) is 11.9 Å². The van der Waals surface area contributed by atoms with Gasteiger partial charge in [0.2, 0.25) is 0 Å². The van der Waals surface area contributed by atoms with E-state index >= 15 is 0 Å². The number of fused-ring (bicyclic) bond motifs is 1. The van der Waals surface area contributed by atoms with Gasteiger partial charge >= 0.3 is 0 Å². The van der Waals surface area contributed by atoms with Crippen LogP contribution >= 0.6 is 0 Å². The maximum Gasteiger partial charge on any atom is 0.270 e. The number of ether oxygens (including phenoxy) is 2. The Morgan fingerprint density at radius 3 is 2.32 bits per heavy atom. The molecule has 1 aliphatic rings. The standard InChI is InChI=1S/C28H27N3O3/c1-3-31-26(28(32)29-19(2)20-10-6-4-7-11-20)25(30-27(31)21-12-8-5-9-13-21)22-14-15-23-24(18-22)34-17-16-33-23/h4-15,18-19H,3,16-17H2,1-2H3,(H,29,32). The summed E-state index contributed by atoms with van der Waals surface area (Å²) in [5.41, 5.74) is 3.96. The Hall–Kier alpha value is -4.06. The van der Waals surface area contributed by atoms with Gasteiger partial charge in [0.25, 0.3) is 5.91 Å². The summed E-state index contributed by atoms with van der Waals surface area (Å²) in [4.78, 5) is 18.7. The number of carbonyl (C=O) groups is 1. The van der Waals surface area contributed by atoms with Crippen molar-refractivity contribution >= 4 is 5.91 Å². The fourth-order valence-electron chi connectivity index (χ4n) is 4.28. The third kappa shape index (κ3) is 4.15. The van der Waals surface area contributed by atoms with E-state index in [4.69, 9.17) is 14.5 Å². The number of benzene rings is 3. The lowest BCUT2D eigenvalue weighted by Gasteiger charge is -2.19. The van der Waals surface area contributed by atoms with Crippen molar-refractivity contribution in [1.82, 2.24) is 14.9 Å². The van der Waals surface area contributed by atoms with Gasteiger partial charge < -0.3 is 19.4 Å². The van der Waals surface area contributed by atoms with Crippen molar-refractivity contribution < 1.29 is 14.3 Å². The Morgan fingerprint density at radius 2 is 1.62 bits per heavy atom. The van der Waals surface area contributed by atoms with Crippen LogP contribution in [0.15, 0.2) is 78.9 Å². The number of carbonyl (C=O) groups excluding carboxylic acids is 1. The number of rotatable bonds is 6. The average Bonchev–Trinajstić information content (AvgIpc) is 3.29. The normalized spacial score (nSPS) is 13.4. The molecule has 172 valence electrons. The molecule has 1 aromatic heterocycles. The van der Waals surface area contributed by atoms with Gasteiger partial charge in [0.05, 0.1) is 6.04 Å². The molecule has 0 aliphatic carbocycles. The van der Waals surface area contributed by atoms with E-state index in [1.165, 1.54) is 0 Å². The molecule has 0 spiro atoms. The van der Waals surface area contributed by atoms with Crippen molar-refractivity contribution in [2.75, 3.05) is 13.2 Å². The zero-order valence-electron chi connectivity index (χ0n) is 19.3. The molecule has 1 unspecified atom stereocenters. The minimum absolute atomic E-state index is 0.151. The van der Waals surface area contributed by atoms with Gasteiger partial charge in [-0.05, 0) is 37.6 Å². The molecule has 6 nitrogen and oxygen atoms in total.